The van der Waals surface area contributed by atoms with Gasteiger partial charge in [0.05, 0.1) is 23.6 Å². The lowest BCUT2D eigenvalue weighted by atomic mass is 9.96. The van der Waals surface area contributed by atoms with Gasteiger partial charge in [0, 0.05) is 49.2 Å². The number of likely N-dealkylation sites (tertiary alicyclic amines) is 1. The molecule has 0 unspecified atom stereocenters. The summed E-state index contributed by atoms with van der Waals surface area (Å²) >= 11 is 0. The Balaban J connectivity index is 1.45. The van der Waals surface area contributed by atoms with Crippen LogP contribution in [-0.4, -0.2) is 72.0 Å². The summed E-state index contributed by atoms with van der Waals surface area (Å²) in [5.41, 5.74) is 3.11. The highest BCUT2D eigenvalue weighted by Crippen LogP contribution is 2.29. The Morgan fingerprint density at radius 1 is 1.06 bits per heavy atom. The average Bonchev–Trinajstić information content (AvgIpc) is 2.85. The third-order valence-electron chi connectivity index (χ3n) is 6.57. The van der Waals surface area contributed by atoms with Crippen LogP contribution in [0.3, 0.4) is 0 Å². The summed E-state index contributed by atoms with van der Waals surface area (Å²) in [4.78, 5) is 46.5. The van der Waals surface area contributed by atoms with E-state index in [1.54, 1.807) is 11.8 Å². The maximum atomic E-state index is 13.2. The van der Waals surface area contributed by atoms with Gasteiger partial charge in [0.25, 0.3) is 5.91 Å². The first-order valence-corrected chi connectivity index (χ1v) is 11.8. The molecule has 1 aromatic carbocycles. The number of hydrogen-bond donors (Lipinski definition) is 0. The number of piperidine rings is 1. The minimum Gasteiger partial charge on any atom is -0.466 e. The van der Waals surface area contributed by atoms with E-state index in [1.165, 1.54) is 0 Å². The van der Waals surface area contributed by atoms with E-state index in [9.17, 15) is 14.4 Å². The lowest BCUT2D eigenvalue weighted by molar-refractivity contribution is -0.151. The number of pyridine rings is 1. The molecule has 2 aliphatic rings. The number of ether oxygens (including phenoxy) is 2. The van der Waals surface area contributed by atoms with Gasteiger partial charge >= 0.3 is 11.9 Å². The van der Waals surface area contributed by atoms with E-state index in [0.717, 1.165) is 41.7 Å². The van der Waals surface area contributed by atoms with Crippen molar-refractivity contribution in [3.05, 3.63) is 41.1 Å². The van der Waals surface area contributed by atoms with E-state index in [4.69, 9.17) is 14.5 Å². The van der Waals surface area contributed by atoms with Gasteiger partial charge in [-0.25, -0.2) is 4.79 Å². The first kappa shape index (κ1) is 23.2. The number of carbonyl (C=O) groups is 3. The van der Waals surface area contributed by atoms with Crippen molar-refractivity contribution < 1.29 is 23.9 Å². The van der Waals surface area contributed by atoms with Crippen molar-refractivity contribution in [2.45, 2.75) is 39.7 Å². The largest absolute Gasteiger partial charge is 0.466 e. The van der Waals surface area contributed by atoms with E-state index in [0.29, 0.717) is 44.6 Å². The number of esters is 2. The quantitative estimate of drug-likeness (QED) is 0.621. The molecule has 8 heteroatoms. The SMILES string of the molecule is CCOC(=O)C1CCN(C(=O)COC(=O)c2c3c(nc4ccccc24)CCN(CC)C3)CC1. The van der Waals surface area contributed by atoms with Gasteiger partial charge in [-0.2, -0.15) is 0 Å². The third-order valence-corrected chi connectivity index (χ3v) is 6.57. The number of likely N-dealkylation sites (N-methyl/N-ethyl adjacent to an activating group) is 1. The van der Waals surface area contributed by atoms with Crippen LogP contribution in [-0.2, 0) is 32.0 Å². The lowest BCUT2D eigenvalue weighted by Gasteiger charge is -2.31. The molecular formula is C25H31N3O5. The average molecular weight is 454 g/mol. The van der Waals surface area contributed by atoms with Gasteiger partial charge in [0.2, 0.25) is 0 Å². The molecule has 8 nitrogen and oxygen atoms in total. The second-order valence-corrected chi connectivity index (χ2v) is 8.53. The Bertz CT molecular complexity index is 1050. The van der Waals surface area contributed by atoms with Gasteiger partial charge in [-0.3, -0.25) is 19.5 Å². The van der Waals surface area contributed by atoms with Crippen LogP contribution in [0.5, 0.6) is 0 Å². The summed E-state index contributed by atoms with van der Waals surface area (Å²) in [5, 5.41) is 0.752. The fourth-order valence-corrected chi connectivity index (χ4v) is 4.66. The van der Waals surface area contributed by atoms with E-state index in [1.807, 2.05) is 24.3 Å². The highest BCUT2D eigenvalue weighted by atomic mass is 16.5. The molecule has 0 bridgehead atoms. The van der Waals surface area contributed by atoms with Crippen molar-refractivity contribution in [1.29, 1.82) is 0 Å². The predicted molar refractivity (Wildman–Crippen MR) is 123 cm³/mol. The zero-order valence-electron chi connectivity index (χ0n) is 19.3. The fraction of sp³-hybridized carbons (Fsp3) is 0.520. The van der Waals surface area contributed by atoms with Crippen LogP contribution in [0.1, 0.15) is 48.3 Å². The molecule has 1 saturated heterocycles. The smallest absolute Gasteiger partial charge is 0.339 e. The van der Waals surface area contributed by atoms with Crippen molar-refractivity contribution in [3.8, 4) is 0 Å². The molecule has 3 heterocycles. The number of hydrogen-bond acceptors (Lipinski definition) is 7. The van der Waals surface area contributed by atoms with Crippen LogP contribution >= 0.6 is 0 Å². The summed E-state index contributed by atoms with van der Waals surface area (Å²) in [6, 6.07) is 7.57. The summed E-state index contributed by atoms with van der Waals surface area (Å²) in [5.74, 6) is -1.11. The first-order valence-electron chi connectivity index (χ1n) is 11.8. The second-order valence-electron chi connectivity index (χ2n) is 8.53. The summed E-state index contributed by atoms with van der Waals surface area (Å²) < 4.78 is 10.6. The Hall–Kier alpha value is -3.00. The number of rotatable bonds is 6. The summed E-state index contributed by atoms with van der Waals surface area (Å²) in [7, 11) is 0. The molecule has 33 heavy (non-hydrogen) atoms. The number of aromatic nitrogens is 1. The van der Waals surface area contributed by atoms with Gasteiger partial charge in [0.1, 0.15) is 0 Å². The van der Waals surface area contributed by atoms with Crippen LogP contribution < -0.4 is 0 Å². The highest BCUT2D eigenvalue weighted by Gasteiger charge is 2.30. The molecule has 4 rings (SSSR count). The molecule has 0 N–H and O–H groups in total. The number of carbonyl (C=O) groups excluding carboxylic acids is 3. The van der Waals surface area contributed by atoms with Gasteiger partial charge in [-0.15, -0.1) is 0 Å². The van der Waals surface area contributed by atoms with Crippen molar-refractivity contribution in [1.82, 2.24) is 14.8 Å². The molecule has 0 radical (unpaired) electrons. The van der Waals surface area contributed by atoms with Gasteiger partial charge in [-0.1, -0.05) is 25.1 Å². The van der Waals surface area contributed by atoms with Crippen LogP contribution in [0.2, 0.25) is 0 Å². The van der Waals surface area contributed by atoms with Gasteiger partial charge in [0.15, 0.2) is 6.61 Å². The molecule has 0 aliphatic carbocycles. The van der Waals surface area contributed by atoms with E-state index >= 15 is 0 Å². The Labute approximate surface area is 193 Å². The van der Waals surface area contributed by atoms with Gasteiger partial charge < -0.3 is 14.4 Å². The molecule has 0 atom stereocenters. The molecule has 1 fully saturated rings. The second kappa shape index (κ2) is 10.3. The van der Waals surface area contributed by atoms with Crippen LogP contribution in [0.15, 0.2) is 24.3 Å². The molecular weight excluding hydrogens is 422 g/mol. The minimum atomic E-state index is -0.488. The standard InChI is InChI=1S/C25H31N3O5/c1-3-27-12-11-21-19(15-27)23(18-7-5-6-8-20(18)26-21)25(31)33-16-22(29)28-13-9-17(10-14-28)24(30)32-4-2/h5-8,17H,3-4,9-16H2,1-2H3. The monoisotopic (exact) mass is 453 g/mol. The first-order chi connectivity index (χ1) is 16.0. The third kappa shape index (κ3) is 5.00. The Morgan fingerprint density at radius 2 is 1.82 bits per heavy atom. The maximum absolute atomic E-state index is 13.2. The zero-order chi connectivity index (χ0) is 23.4. The van der Waals surface area contributed by atoms with E-state index < -0.39 is 5.97 Å². The topological polar surface area (TPSA) is 89.0 Å². The van der Waals surface area contributed by atoms with Crippen LogP contribution in [0, 0.1) is 5.92 Å². The van der Waals surface area contributed by atoms with Crippen LogP contribution in [0.25, 0.3) is 10.9 Å². The number of nitrogens with zero attached hydrogens (tertiary/aromatic N) is 3. The minimum absolute atomic E-state index is 0.173. The predicted octanol–water partition coefficient (Wildman–Crippen LogP) is 2.57. The van der Waals surface area contributed by atoms with E-state index in [2.05, 4.69) is 11.8 Å². The van der Waals surface area contributed by atoms with Crippen molar-refractivity contribution in [2.75, 3.05) is 39.4 Å². The molecule has 1 amide bonds. The van der Waals surface area contributed by atoms with Crippen molar-refractivity contribution in [2.24, 2.45) is 5.92 Å². The number of amides is 1. The number of para-hydroxylation sites is 1. The fourth-order valence-electron chi connectivity index (χ4n) is 4.66. The highest BCUT2D eigenvalue weighted by molar-refractivity contribution is 6.05. The van der Waals surface area contributed by atoms with Crippen molar-refractivity contribution in [3.63, 3.8) is 0 Å². The maximum Gasteiger partial charge on any atom is 0.339 e. The van der Waals surface area contributed by atoms with Crippen molar-refractivity contribution >= 4 is 28.7 Å². The van der Waals surface area contributed by atoms with E-state index in [-0.39, 0.29) is 24.4 Å². The number of fused-ring (bicyclic) bond motifs is 2. The number of benzene rings is 1. The Morgan fingerprint density at radius 3 is 2.55 bits per heavy atom. The molecule has 176 valence electrons. The normalized spacial score (nSPS) is 17.0. The summed E-state index contributed by atoms with van der Waals surface area (Å²) in [6.45, 7) is 7.28. The van der Waals surface area contributed by atoms with Crippen LogP contribution in [0.4, 0.5) is 0 Å². The molecule has 2 aliphatic heterocycles. The molecule has 1 aromatic heterocycles. The Kier molecular flexibility index (Phi) is 7.23. The summed E-state index contributed by atoms with van der Waals surface area (Å²) in [6.07, 6.45) is 1.91. The molecule has 0 saturated carbocycles. The zero-order valence-corrected chi connectivity index (χ0v) is 19.3. The van der Waals surface area contributed by atoms with Gasteiger partial charge in [-0.05, 0) is 32.4 Å². The molecule has 2 aromatic rings. The molecule has 0 spiro atoms. The lowest BCUT2D eigenvalue weighted by Crippen LogP contribution is -2.42.